The van der Waals surface area contributed by atoms with Crippen LogP contribution in [0.15, 0.2) is 18.2 Å². The zero-order chi connectivity index (χ0) is 15.5. The first kappa shape index (κ1) is 16.3. The van der Waals surface area contributed by atoms with Crippen molar-refractivity contribution < 1.29 is 8.42 Å². The molecule has 0 aliphatic carbocycles. The first-order valence-electron chi connectivity index (χ1n) is 7.34. The van der Waals surface area contributed by atoms with Gasteiger partial charge in [0.25, 0.3) is 0 Å². The highest BCUT2D eigenvalue weighted by atomic mass is 32.2. The van der Waals surface area contributed by atoms with Crippen molar-refractivity contribution in [2.75, 3.05) is 45.3 Å². The lowest BCUT2D eigenvalue weighted by molar-refractivity contribution is 0.386. The van der Waals surface area contributed by atoms with Gasteiger partial charge >= 0.3 is 0 Å². The molecule has 0 fully saturated rings. The molecule has 0 saturated heterocycles. The Morgan fingerprint density at radius 1 is 1.38 bits per heavy atom. The van der Waals surface area contributed by atoms with Crippen LogP contribution in [0.5, 0.6) is 0 Å². The van der Waals surface area contributed by atoms with Crippen molar-refractivity contribution in [2.45, 2.75) is 18.8 Å². The molecule has 1 aromatic rings. The Kier molecular flexibility index (Phi) is 5.24. The van der Waals surface area contributed by atoms with Gasteiger partial charge < -0.3 is 10.2 Å². The predicted octanol–water partition coefficient (Wildman–Crippen LogP) is 1.24. The zero-order valence-electron chi connectivity index (χ0n) is 13.0. The Hall–Kier alpha value is -1.11. The quantitative estimate of drug-likeness (QED) is 0.795. The van der Waals surface area contributed by atoms with Crippen molar-refractivity contribution in [1.29, 1.82) is 0 Å². The third-order valence-corrected chi connectivity index (χ3v) is 5.35. The van der Waals surface area contributed by atoms with Crippen molar-refractivity contribution in [1.82, 2.24) is 9.62 Å². The fourth-order valence-electron chi connectivity index (χ4n) is 2.64. The summed E-state index contributed by atoms with van der Waals surface area (Å²) < 4.78 is 25.4. The number of hydrogen-bond acceptors (Lipinski definition) is 4. The maximum atomic E-state index is 11.5. The number of sulfonamides is 1. The molecule has 1 aliphatic rings. The summed E-state index contributed by atoms with van der Waals surface area (Å²) in [6.45, 7) is 2.03. The second-order valence-corrected chi connectivity index (χ2v) is 7.91. The van der Waals surface area contributed by atoms with E-state index >= 15 is 0 Å². The number of rotatable bonds is 7. The Balaban J connectivity index is 2.05. The fourth-order valence-corrected chi connectivity index (χ4v) is 3.34. The summed E-state index contributed by atoms with van der Waals surface area (Å²) in [5, 5.41) is 3.44. The van der Waals surface area contributed by atoms with Gasteiger partial charge in [0.15, 0.2) is 0 Å². The third kappa shape index (κ3) is 4.43. The minimum Gasteiger partial charge on any atom is -0.384 e. The molecule has 0 saturated carbocycles. The molecule has 0 aromatic heterocycles. The van der Waals surface area contributed by atoms with Crippen LogP contribution in [0, 0.1) is 0 Å². The summed E-state index contributed by atoms with van der Waals surface area (Å²) in [7, 11) is 2.49. The van der Waals surface area contributed by atoms with Gasteiger partial charge in [0.2, 0.25) is 10.0 Å². The Bertz CT molecular complexity index is 585. The largest absolute Gasteiger partial charge is 0.384 e. The van der Waals surface area contributed by atoms with E-state index in [0.717, 1.165) is 25.1 Å². The predicted molar refractivity (Wildman–Crippen MR) is 87.4 cm³/mol. The van der Waals surface area contributed by atoms with Gasteiger partial charge in [-0.1, -0.05) is 12.1 Å². The van der Waals surface area contributed by atoms with Gasteiger partial charge in [0.05, 0.1) is 5.75 Å². The summed E-state index contributed by atoms with van der Waals surface area (Å²) in [6.07, 6.45) is 1.67. The van der Waals surface area contributed by atoms with Gasteiger partial charge in [0.1, 0.15) is 0 Å². The number of nitrogens with one attached hydrogen (secondary N) is 2. The van der Waals surface area contributed by atoms with E-state index in [4.69, 9.17) is 0 Å². The van der Waals surface area contributed by atoms with Crippen molar-refractivity contribution in [3.63, 3.8) is 0 Å². The van der Waals surface area contributed by atoms with Crippen LogP contribution >= 0.6 is 0 Å². The average molecular weight is 311 g/mol. The summed E-state index contributed by atoms with van der Waals surface area (Å²) in [5.74, 6) is 0.654. The molecule has 5 nitrogen and oxygen atoms in total. The summed E-state index contributed by atoms with van der Waals surface area (Å²) in [6, 6.07) is 6.26. The zero-order valence-corrected chi connectivity index (χ0v) is 13.8. The number of hydrogen-bond donors (Lipinski definition) is 2. The molecule has 2 rings (SSSR count). The summed E-state index contributed by atoms with van der Waals surface area (Å²) >= 11 is 0. The van der Waals surface area contributed by atoms with Crippen LogP contribution in [0.3, 0.4) is 0 Å². The highest BCUT2D eigenvalue weighted by molar-refractivity contribution is 7.89. The van der Waals surface area contributed by atoms with E-state index in [-0.39, 0.29) is 5.75 Å². The highest BCUT2D eigenvalue weighted by Gasteiger charge is 2.22. The van der Waals surface area contributed by atoms with E-state index < -0.39 is 10.0 Å². The topological polar surface area (TPSA) is 61.4 Å². The smallest absolute Gasteiger partial charge is 0.211 e. The van der Waals surface area contributed by atoms with Gasteiger partial charge in [0, 0.05) is 18.2 Å². The first-order chi connectivity index (χ1) is 9.91. The lowest BCUT2D eigenvalue weighted by Crippen LogP contribution is -2.23. The van der Waals surface area contributed by atoms with Crippen molar-refractivity contribution >= 4 is 15.7 Å². The third-order valence-electron chi connectivity index (χ3n) is 3.99. The van der Waals surface area contributed by atoms with Crippen LogP contribution in [-0.2, 0) is 16.4 Å². The molecule has 1 unspecified atom stereocenters. The minimum atomic E-state index is -3.14. The molecule has 1 aromatic carbocycles. The van der Waals surface area contributed by atoms with Gasteiger partial charge in [-0.2, -0.15) is 0 Å². The SMILES string of the molecule is CNS(=O)(=O)CCc1ccc2c(c1)C(CCN(C)C)CN2. The van der Waals surface area contributed by atoms with Crippen LogP contribution in [0.1, 0.15) is 23.5 Å². The molecular weight excluding hydrogens is 286 g/mol. The fraction of sp³-hybridized carbons (Fsp3) is 0.600. The van der Waals surface area contributed by atoms with E-state index in [1.165, 1.54) is 18.3 Å². The summed E-state index contributed by atoms with van der Waals surface area (Å²) in [5.41, 5.74) is 3.61. The Morgan fingerprint density at radius 3 is 2.81 bits per heavy atom. The number of anilines is 1. The molecule has 0 spiro atoms. The van der Waals surface area contributed by atoms with E-state index in [2.05, 4.69) is 41.2 Å². The van der Waals surface area contributed by atoms with Crippen molar-refractivity contribution in [3.8, 4) is 0 Å². The second-order valence-electron chi connectivity index (χ2n) is 5.86. The van der Waals surface area contributed by atoms with Gasteiger partial charge in [-0.05, 0) is 57.7 Å². The van der Waals surface area contributed by atoms with Gasteiger partial charge in [-0.15, -0.1) is 0 Å². The van der Waals surface area contributed by atoms with Crippen LogP contribution in [0.25, 0.3) is 0 Å². The number of fused-ring (bicyclic) bond motifs is 1. The normalized spacial score (nSPS) is 17.8. The molecule has 1 atom stereocenters. The molecule has 1 heterocycles. The second kappa shape index (κ2) is 6.77. The Labute approximate surface area is 127 Å². The van der Waals surface area contributed by atoms with E-state index in [0.29, 0.717) is 12.3 Å². The molecule has 1 aliphatic heterocycles. The minimum absolute atomic E-state index is 0.137. The molecule has 2 N–H and O–H groups in total. The van der Waals surface area contributed by atoms with E-state index in [9.17, 15) is 8.42 Å². The molecule has 0 radical (unpaired) electrons. The van der Waals surface area contributed by atoms with Crippen molar-refractivity contribution in [2.24, 2.45) is 0 Å². The monoisotopic (exact) mass is 311 g/mol. The molecule has 21 heavy (non-hydrogen) atoms. The Morgan fingerprint density at radius 2 is 2.14 bits per heavy atom. The maximum absolute atomic E-state index is 11.5. The van der Waals surface area contributed by atoms with Crippen LogP contribution in [-0.4, -0.2) is 53.3 Å². The summed E-state index contributed by atoms with van der Waals surface area (Å²) in [4.78, 5) is 2.20. The standard InChI is InChI=1S/C15H25N3O2S/c1-16-21(19,20)9-7-12-4-5-15-14(10-12)13(11-17-15)6-8-18(2)3/h4-5,10,13,16-17H,6-9,11H2,1-3H3. The lowest BCUT2D eigenvalue weighted by Gasteiger charge is -2.15. The van der Waals surface area contributed by atoms with Crippen molar-refractivity contribution in [3.05, 3.63) is 29.3 Å². The number of benzene rings is 1. The maximum Gasteiger partial charge on any atom is 0.211 e. The molecule has 118 valence electrons. The number of aryl methyl sites for hydroxylation is 1. The highest BCUT2D eigenvalue weighted by Crippen LogP contribution is 2.34. The average Bonchev–Trinajstić information content (AvgIpc) is 2.85. The van der Waals surface area contributed by atoms with Gasteiger partial charge in [-0.25, -0.2) is 13.1 Å². The number of nitrogens with zero attached hydrogens (tertiary/aromatic N) is 1. The molecular formula is C15H25N3O2S. The van der Waals surface area contributed by atoms with E-state index in [1.54, 1.807) is 0 Å². The van der Waals surface area contributed by atoms with Crippen LogP contribution < -0.4 is 10.0 Å². The molecule has 6 heteroatoms. The van der Waals surface area contributed by atoms with E-state index in [1.807, 2.05) is 6.07 Å². The van der Waals surface area contributed by atoms with Crippen LogP contribution in [0.4, 0.5) is 5.69 Å². The van der Waals surface area contributed by atoms with Gasteiger partial charge in [-0.3, -0.25) is 0 Å². The molecule has 0 amide bonds. The first-order valence-corrected chi connectivity index (χ1v) is 8.99. The lowest BCUT2D eigenvalue weighted by atomic mass is 9.95. The molecule has 0 bridgehead atoms. The van der Waals surface area contributed by atoms with Crippen LogP contribution in [0.2, 0.25) is 0 Å².